The fourth-order valence-electron chi connectivity index (χ4n) is 3.58. The third-order valence-electron chi connectivity index (χ3n) is 5.00. The van der Waals surface area contributed by atoms with E-state index in [0.717, 1.165) is 43.7 Å². The number of phenols is 1. The molecule has 7 heteroatoms. The van der Waals surface area contributed by atoms with Crippen molar-refractivity contribution in [2.24, 2.45) is 5.73 Å². The van der Waals surface area contributed by atoms with Gasteiger partial charge in [-0.05, 0) is 48.6 Å². The van der Waals surface area contributed by atoms with Gasteiger partial charge in [0.05, 0.1) is 10.4 Å². The number of nitrogens with two attached hydrogens (primary N) is 1. The van der Waals surface area contributed by atoms with Gasteiger partial charge in [0.25, 0.3) is 0 Å². The van der Waals surface area contributed by atoms with E-state index in [1.807, 2.05) is 25.3 Å². The number of H-pyrrole nitrogens is 1. The van der Waals surface area contributed by atoms with Crippen LogP contribution in [-0.4, -0.2) is 37.9 Å². The Bertz CT molecular complexity index is 1220. The predicted octanol–water partition coefficient (Wildman–Crippen LogP) is 3.70. The van der Waals surface area contributed by atoms with E-state index in [4.69, 9.17) is 10.8 Å². The number of nitrogens with zero attached hydrogens (tertiary/aromatic N) is 1. The van der Waals surface area contributed by atoms with Crippen LogP contribution >= 0.6 is 11.8 Å². The van der Waals surface area contributed by atoms with Gasteiger partial charge in [-0.2, -0.15) is 0 Å². The number of rotatable bonds is 4. The molecule has 0 aliphatic rings. The van der Waals surface area contributed by atoms with E-state index in [1.165, 1.54) is 11.8 Å². The van der Waals surface area contributed by atoms with Crippen molar-refractivity contribution in [1.29, 1.82) is 0 Å². The number of aromatic hydroxyl groups is 1. The van der Waals surface area contributed by atoms with Crippen LogP contribution in [0.2, 0.25) is 0 Å². The maximum atomic E-state index is 11.1. The van der Waals surface area contributed by atoms with Gasteiger partial charge in [-0.1, -0.05) is 0 Å². The van der Waals surface area contributed by atoms with Crippen molar-refractivity contribution in [3.63, 3.8) is 0 Å². The molecule has 138 valence electrons. The number of hydrogen-bond donors (Lipinski definition) is 4. The Kier molecular flexibility index (Phi) is 4.20. The lowest BCUT2D eigenvalue weighted by Crippen LogP contribution is -2.32. The van der Waals surface area contributed by atoms with Gasteiger partial charge in [0, 0.05) is 39.8 Å². The smallest absolute Gasteiger partial charge is 0.321 e. The van der Waals surface area contributed by atoms with Crippen LogP contribution < -0.4 is 5.73 Å². The lowest BCUT2D eigenvalue weighted by Gasteiger charge is -2.11. The second-order valence-electron chi connectivity index (χ2n) is 6.64. The van der Waals surface area contributed by atoms with E-state index in [-0.39, 0.29) is 11.5 Å². The Balaban J connectivity index is 2.04. The molecule has 6 nitrogen and oxygen atoms in total. The molecule has 5 N–H and O–H groups in total. The number of carboxylic acids is 1. The van der Waals surface area contributed by atoms with E-state index >= 15 is 0 Å². The van der Waals surface area contributed by atoms with Gasteiger partial charge in [-0.3, -0.25) is 9.78 Å². The quantitative estimate of drug-likeness (QED) is 0.401. The van der Waals surface area contributed by atoms with Crippen LogP contribution in [0.1, 0.15) is 11.1 Å². The minimum Gasteiger partial charge on any atom is -0.507 e. The molecule has 2 aromatic heterocycles. The van der Waals surface area contributed by atoms with E-state index in [9.17, 15) is 9.90 Å². The number of thioether (sulfide) groups is 1. The lowest BCUT2D eigenvalue weighted by atomic mass is 9.97. The van der Waals surface area contributed by atoms with Crippen molar-refractivity contribution in [2.75, 3.05) is 5.75 Å². The van der Waals surface area contributed by atoms with Crippen molar-refractivity contribution >= 4 is 50.3 Å². The summed E-state index contributed by atoms with van der Waals surface area (Å²) >= 11 is 1.26. The van der Waals surface area contributed by atoms with Gasteiger partial charge in [0.15, 0.2) is 0 Å². The maximum absolute atomic E-state index is 11.1. The summed E-state index contributed by atoms with van der Waals surface area (Å²) in [5.74, 6) is -0.770. The molecule has 0 spiro atoms. The van der Waals surface area contributed by atoms with E-state index in [1.54, 1.807) is 12.3 Å². The molecule has 2 aromatic carbocycles. The van der Waals surface area contributed by atoms with Crippen LogP contribution in [0.15, 0.2) is 35.5 Å². The number of benzene rings is 2. The van der Waals surface area contributed by atoms with Crippen molar-refractivity contribution in [3.05, 3.63) is 41.7 Å². The maximum Gasteiger partial charge on any atom is 0.321 e. The highest BCUT2D eigenvalue weighted by atomic mass is 32.2. The van der Waals surface area contributed by atoms with E-state index in [0.29, 0.717) is 4.90 Å². The first kappa shape index (κ1) is 17.6. The fourth-order valence-corrected chi connectivity index (χ4v) is 4.64. The summed E-state index contributed by atoms with van der Waals surface area (Å²) < 4.78 is 0. The van der Waals surface area contributed by atoms with E-state index in [2.05, 4.69) is 16.9 Å². The molecule has 1 unspecified atom stereocenters. The topological polar surface area (TPSA) is 112 Å². The SMILES string of the molecule is Cc1c2ccncc2c(C)c2c1[nH]c1ccc(O)c(SCC(N)C(=O)O)c12. The lowest BCUT2D eigenvalue weighted by molar-refractivity contribution is -0.137. The highest BCUT2D eigenvalue weighted by Gasteiger charge is 2.20. The fraction of sp³-hybridized carbons (Fsp3) is 0.200. The molecule has 4 rings (SSSR count). The number of nitrogens with one attached hydrogen (secondary N) is 1. The molecule has 0 saturated heterocycles. The number of aromatic nitrogens is 2. The summed E-state index contributed by atoms with van der Waals surface area (Å²) in [5, 5.41) is 23.6. The van der Waals surface area contributed by atoms with Gasteiger partial charge in [0.1, 0.15) is 11.8 Å². The summed E-state index contributed by atoms with van der Waals surface area (Å²) in [7, 11) is 0. The molecule has 0 bridgehead atoms. The number of pyridine rings is 1. The summed E-state index contributed by atoms with van der Waals surface area (Å²) in [4.78, 5) is 19.4. The summed E-state index contributed by atoms with van der Waals surface area (Å²) in [6.45, 7) is 4.10. The monoisotopic (exact) mass is 381 g/mol. The van der Waals surface area contributed by atoms with Crippen molar-refractivity contribution < 1.29 is 15.0 Å². The summed E-state index contributed by atoms with van der Waals surface area (Å²) in [6, 6.07) is 4.47. The number of aromatic amines is 1. The Morgan fingerprint density at radius 2 is 2.00 bits per heavy atom. The number of aliphatic carboxylic acids is 1. The molecule has 0 fully saturated rings. The van der Waals surface area contributed by atoms with Gasteiger partial charge >= 0.3 is 5.97 Å². The summed E-state index contributed by atoms with van der Waals surface area (Å²) in [6.07, 6.45) is 3.63. The van der Waals surface area contributed by atoms with Gasteiger partial charge in [-0.25, -0.2) is 0 Å². The van der Waals surface area contributed by atoms with Crippen LogP contribution in [0.5, 0.6) is 5.75 Å². The van der Waals surface area contributed by atoms with Gasteiger partial charge < -0.3 is 20.9 Å². The highest BCUT2D eigenvalue weighted by molar-refractivity contribution is 7.99. The molecule has 0 saturated carbocycles. The average molecular weight is 381 g/mol. The van der Waals surface area contributed by atoms with Crippen LogP contribution in [0, 0.1) is 13.8 Å². The molecular formula is C20H19N3O3S. The van der Waals surface area contributed by atoms with Gasteiger partial charge in [0.2, 0.25) is 0 Å². The Morgan fingerprint density at radius 1 is 1.22 bits per heavy atom. The third-order valence-corrected chi connectivity index (χ3v) is 6.23. The van der Waals surface area contributed by atoms with E-state index < -0.39 is 12.0 Å². The predicted molar refractivity (Wildman–Crippen MR) is 109 cm³/mol. The number of hydrogen-bond acceptors (Lipinski definition) is 5. The Morgan fingerprint density at radius 3 is 2.74 bits per heavy atom. The zero-order valence-corrected chi connectivity index (χ0v) is 15.7. The largest absolute Gasteiger partial charge is 0.507 e. The normalized spacial score (nSPS) is 12.9. The third kappa shape index (κ3) is 2.70. The Hall–Kier alpha value is -2.77. The number of carbonyl (C=O) groups is 1. The molecule has 0 amide bonds. The standard InChI is InChI=1S/C20H19N3O3S/c1-9-12-7-22-6-5-11(12)10(2)18-16(9)17-14(23-18)3-4-15(24)19(17)27-8-13(21)20(25)26/h3-7,13,23-24H,8,21H2,1-2H3,(H,25,26). The minimum atomic E-state index is -1.06. The molecule has 0 radical (unpaired) electrons. The van der Waals surface area contributed by atoms with Crippen molar-refractivity contribution in [2.45, 2.75) is 24.8 Å². The van der Waals surface area contributed by atoms with Crippen LogP contribution in [0.25, 0.3) is 32.6 Å². The highest BCUT2D eigenvalue weighted by Crippen LogP contribution is 2.43. The second-order valence-corrected chi connectivity index (χ2v) is 7.67. The number of phenolic OH excluding ortho intramolecular Hbond substituents is 1. The molecule has 1 atom stereocenters. The average Bonchev–Trinajstić information content (AvgIpc) is 3.05. The number of aryl methyl sites for hydroxylation is 2. The molecule has 4 aromatic rings. The molecule has 0 aliphatic heterocycles. The second kappa shape index (κ2) is 6.44. The van der Waals surface area contributed by atoms with Crippen LogP contribution in [0.3, 0.4) is 0 Å². The summed E-state index contributed by atoms with van der Waals surface area (Å²) in [5.41, 5.74) is 9.74. The van der Waals surface area contributed by atoms with Crippen LogP contribution in [0.4, 0.5) is 0 Å². The molecular weight excluding hydrogens is 362 g/mol. The number of fused-ring (bicyclic) bond motifs is 4. The number of carboxylic acid groups (broad SMARTS) is 1. The first-order valence-electron chi connectivity index (χ1n) is 8.51. The molecule has 2 heterocycles. The molecule has 0 aliphatic carbocycles. The zero-order valence-electron chi connectivity index (χ0n) is 14.9. The minimum absolute atomic E-state index is 0.120. The van der Waals surface area contributed by atoms with Crippen molar-refractivity contribution in [1.82, 2.24) is 9.97 Å². The molecule has 27 heavy (non-hydrogen) atoms. The van der Waals surface area contributed by atoms with Crippen molar-refractivity contribution in [3.8, 4) is 5.75 Å². The van der Waals surface area contributed by atoms with Crippen LogP contribution in [-0.2, 0) is 4.79 Å². The first-order valence-corrected chi connectivity index (χ1v) is 9.50. The Labute approximate surface area is 159 Å². The van der Waals surface area contributed by atoms with Gasteiger partial charge in [-0.15, -0.1) is 11.8 Å². The zero-order chi connectivity index (χ0) is 19.3. The first-order chi connectivity index (χ1) is 12.9.